The lowest BCUT2D eigenvalue weighted by Gasteiger charge is -2.26. The highest BCUT2D eigenvalue weighted by Gasteiger charge is 2.22. The van der Waals surface area contributed by atoms with Gasteiger partial charge in [-0.25, -0.2) is 0 Å². The van der Waals surface area contributed by atoms with Crippen LogP contribution in [0.25, 0.3) is 0 Å². The van der Waals surface area contributed by atoms with Crippen LogP contribution in [0.5, 0.6) is 0 Å². The quantitative estimate of drug-likeness (QED) is 0.889. The van der Waals surface area contributed by atoms with E-state index in [9.17, 15) is 4.79 Å². The van der Waals surface area contributed by atoms with E-state index in [2.05, 4.69) is 13.0 Å². The van der Waals surface area contributed by atoms with Crippen molar-refractivity contribution in [2.75, 3.05) is 0 Å². The molecule has 0 aromatic heterocycles. The Morgan fingerprint density at radius 2 is 1.94 bits per heavy atom. The maximum atomic E-state index is 11.6. The zero-order chi connectivity index (χ0) is 12.3. The number of aryl methyl sites for hydroxylation is 1. The van der Waals surface area contributed by atoms with Crippen LogP contribution in [0.3, 0.4) is 0 Å². The van der Waals surface area contributed by atoms with Crippen molar-refractivity contribution in [2.24, 2.45) is 5.73 Å². The number of nitrogens with two attached hydrogens (primary N) is 1. The number of hydrogen-bond donors (Lipinski definition) is 1. The maximum absolute atomic E-state index is 11.6. The Balaban J connectivity index is 0.00000162. The molecule has 100 valence electrons. The zero-order valence-electron chi connectivity index (χ0n) is 10.9. The zero-order valence-corrected chi connectivity index (χ0v) is 11.8. The molecule has 18 heavy (non-hydrogen) atoms. The van der Waals surface area contributed by atoms with Crippen LogP contribution in [0.15, 0.2) is 18.2 Å². The molecular formula is C15H22ClNO. The van der Waals surface area contributed by atoms with Crippen LogP contribution >= 0.6 is 12.4 Å². The minimum Gasteiger partial charge on any atom is -0.366 e. The summed E-state index contributed by atoms with van der Waals surface area (Å²) in [4.78, 5) is 11.6. The van der Waals surface area contributed by atoms with Crippen LogP contribution in [0, 0.1) is 0 Å². The van der Waals surface area contributed by atoms with Crippen LogP contribution in [0.2, 0.25) is 0 Å². The summed E-state index contributed by atoms with van der Waals surface area (Å²) in [5.41, 5.74) is 8.79. The van der Waals surface area contributed by atoms with E-state index in [1.54, 1.807) is 0 Å². The lowest BCUT2D eigenvalue weighted by molar-refractivity contribution is 0.0998. The number of primary amides is 1. The Morgan fingerprint density at radius 1 is 1.28 bits per heavy atom. The summed E-state index contributed by atoms with van der Waals surface area (Å²) in [6.45, 7) is 2.15. The van der Waals surface area contributed by atoms with Gasteiger partial charge >= 0.3 is 0 Å². The normalized spacial score (nSPS) is 16.1. The number of hydrogen-bond acceptors (Lipinski definition) is 1. The fraction of sp³-hybridized carbons (Fsp3) is 0.533. The van der Waals surface area contributed by atoms with Gasteiger partial charge in [-0.05, 0) is 42.4 Å². The van der Waals surface area contributed by atoms with E-state index in [1.807, 2.05) is 12.1 Å². The van der Waals surface area contributed by atoms with Gasteiger partial charge in [0, 0.05) is 5.56 Å². The molecule has 0 spiro atoms. The van der Waals surface area contributed by atoms with Crippen molar-refractivity contribution >= 4 is 18.3 Å². The van der Waals surface area contributed by atoms with Crippen LogP contribution in [0.4, 0.5) is 0 Å². The lowest BCUT2D eigenvalue weighted by atomic mass is 9.79. The summed E-state index contributed by atoms with van der Waals surface area (Å²) in [5, 5.41) is 0. The summed E-state index contributed by atoms with van der Waals surface area (Å²) in [6, 6.07) is 5.97. The van der Waals surface area contributed by atoms with E-state index in [4.69, 9.17) is 5.73 Å². The number of carbonyl (C=O) groups excluding carboxylic acids is 1. The monoisotopic (exact) mass is 267 g/mol. The van der Waals surface area contributed by atoms with Crippen molar-refractivity contribution in [1.29, 1.82) is 0 Å². The van der Waals surface area contributed by atoms with E-state index in [0.717, 1.165) is 12.0 Å². The molecule has 1 saturated carbocycles. The van der Waals surface area contributed by atoms with Gasteiger partial charge in [-0.3, -0.25) is 4.79 Å². The van der Waals surface area contributed by atoms with E-state index < -0.39 is 0 Å². The molecule has 1 fully saturated rings. The van der Waals surface area contributed by atoms with E-state index in [1.165, 1.54) is 43.2 Å². The molecule has 2 nitrogen and oxygen atoms in total. The molecule has 1 aromatic rings. The first kappa shape index (κ1) is 15.0. The largest absolute Gasteiger partial charge is 0.366 e. The molecule has 0 aliphatic heterocycles. The first-order chi connectivity index (χ1) is 8.24. The Bertz CT molecular complexity index is 411. The number of carbonyl (C=O) groups is 1. The van der Waals surface area contributed by atoms with E-state index in [0.29, 0.717) is 5.92 Å². The molecule has 1 aliphatic rings. The third-order valence-electron chi connectivity index (χ3n) is 3.86. The third kappa shape index (κ3) is 3.05. The smallest absolute Gasteiger partial charge is 0.248 e. The SMILES string of the molecule is CCc1cccc(C(N)=O)c1C1CCCCC1.Cl. The Labute approximate surface area is 115 Å². The summed E-state index contributed by atoms with van der Waals surface area (Å²) in [7, 11) is 0. The molecule has 1 amide bonds. The summed E-state index contributed by atoms with van der Waals surface area (Å²) in [5.74, 6) is 0.267. The summed E-state index contributed by atoms with van der Waals surface area (Å²) in [6.07, 6.45) is 7.28. The van der Waals surface area contributed by atoms with Crippen LogP contribution in [0.1, 0.15) is 66.4 Å². The second kappa shape index (κ2) is 6.79. The number of halogens is 1. The summed E-state index contributed by atoms with van der Waals surface area (Å²) >= 11 is 0. The minimum atomic E-state index is -0.277. The molecule has 1 aliphatic carbocycles. The van der Waals surface area contributed by atoms with Gasteiger partial charge in [-0.15, -0.1) is 12.4 Å². The molecule has 0 atom stereocenters. The van der Waals surface area contributed by atoms with Gasteiger partial charge in [0.25, 0.3) is 0 Å². The number of benzene rings is 1. The molecule has 0 unspecified atom stereocenters. The highest BCUT2D eigenvalue weighted by molar-refractivity contribution is 5.94. The number of rotatable bonds is 3. The Hall–Kier alpha value is -1.02. The van der Waals surface area contributed by atoms with Crippen molar-refractivity contribution in [3.63, 3.8) is 0 Å². The van der Waals surface area contributed by atoms with Gasteiger partial charge in [0.2, 0.25) is 5.91 Å². The van der Waals surface area contributed by atoms with E-state index >= 15 is 0 Å². The topological polar surface area (TPSA) is 43.1 Å². The lowest BCUT2D eigenvalue weighted by Crippen LogP contribution is -2.18. The number of amides is 1. The first-order valence-electron chi connectivity index (χ1n) is 6.65. The molecule has 2 N–H and O–H groups in total. The van der Waals surface area contributed by atoms with Crippen LogP contribution in [-0.4, -0.2) is 5.91 Å². The molecule has 1 aromatic carbocycles. The molecule has 0 bridgehead atoms. The van der Waals surface area contributed by atoms with Gasteiger partial charge in [-0.2, -0.15) is 0 Å². The predicted octanol–water partition coefficient (Wildman–Crippen LogP) is 3.82. The Kier molecular flexibility index (Phi) is 5.67. The second-order valence-electron chi connectivity index (χ2n) is 4.93. The third-order valence-corrected chi connectivity index (χ3v) is 3.86. The highest BCUT2D eigenvalue weighted by Crippen LogP contribution is 2.36. The van der Waals surface area contributed by atoms with Crippen molar-refractivity contribution in [1.82, 2.24) is 0 Å². The average molecular weight is 268 g/mol. The minimum absolute atomic E-state index is 0. The van der Waals surface area contributed by atoms with Crippen molar-refractivity contribution in [2.45, 2.75) is 51.4 Å². The molecule has 2 rings (SSSR count). The van der Waals surface area contributed by atoms with Crippen molar-refractivity contribution < 1.29 is 4.79 Å². The van der Waals surface area contributed by atoms with E-state index in [-0.39, 0.29) is 18.3 Å². The standard InChI is InChI=1S/C15H21NO.ClH/c1-2-11-9-6-10-13(15(16)17)14(11)12-7-4-3-5-8-12;/h6,9-10,12H,2-5,7-8H2,1H3,(H2,16,17);1H. The van der Waals surface area contributed by atoms with Gasteiger partial charge in [0.05, 0.1) is 0 Å². The molecule has 0 heterocycles. The molecule has 0 saturated heterocycles. The van der Waals surface area contributed by atoms with Crippen molar-refractivity contribution in [3.8, 4) is 0 Å². The summed E-state index contributed by atoms with van der Waals surface area (Å²) < 4.78 is 0. The molecular weight excluding hydrogens is 246 g/mol. The second-order valence-corrected chi connectivity index (χ2v) is 4.93. The van der Waals surface area contributed by atoms with Gasteiger partial charge < -0.3 is 5.73 Å². The van der Waals surface area contributed by atoms with Gasteiger partial charge in [0.15, 0.2) is 0 Å². The van der Waals surface area contributed by atoms with Crippen LogP contribution in [-0.2, 0) is 6.42 Å². The highest BCUT2D eigenvalue weighted by atomic mass is 35.5. The Morgan fingerprint density at radius 3 is 2.50 bits per heavy atom. The van der Waals surface area contributed by atoms with Crippen LogP contribution < -0.4 is 5.73 Å². The first-order valence-corrected chi connectivity index (χ1v) is 6.65. The van der Waals surface area contributed by atoms with Crippen molar-refractivity contribution in [3.05, 3.63) is 34.9 Å². The van der Waals surface area contributed by atoms with Gasteiger partial charge in [-0.1, -0.05) is 38.3 Å². The molecule has 0 radical (unpaired) electrons. The predicted molar refractivity (Wildman–Crippen MR) is 77.4 cm³/mol. The molecule has 3 heteroatoms. The van der Waals surface area contributed by atoms with Gasteiger partial charge in [0.1, 0.15) is 0 Å². The fourth-order valence-electron chi connectivity index (χ4n) is 3.01. The fourth-order valence-corrected chi connectivity index (χ4v) is 3.01. The maximum Gasteiger partial charge on any atom is 0.248 e. The average Bonchev–Trinajstić information content (AvgIpc) is 2.38.